The summed E-state index contributed by atoms with van der Waals surface area (Å²) in [7, 11) is 1.92. The van der Waals surface area contributed by atoms with Crippen molar-refractivity contribution in [3.63, 3.8) is 0 Å². The van der Waals surface area contributed by atoms with Crippen molar-refractivity contribution in [2.45, 2.75) is 19.9 Å². The van der Waals surface area contributed by atoms with Crippen LogP contribution in [0.4, 0.5) is 0 Å². The average molecular weight is 166 g/mol. The summed E-state index contributed by atoms with van der Waals surface area (Å²) >= 11 is 0. The number of nitrogens with zero attached hydrogens (tertiary/aromatic N) is 1. The molecule has 0 amide bonds. The second-order valence-electron chi connectivity index (χ2n) is 2.79. The smallest absolute Gasteiger partial charge is 0.0955 e. The Hall–Kier alpha value is -1.25. The van der Waals surface area contributed by atoms with Crippen LogP contribution in [0.2, 0.25) is 0 Å². The molecule has 3 heteroatoms. The molecule has 0 atom stereocenters. The highest BCUT2D eigenvalue weighted by Gasteiger charge is 2.02. The third-order valence-electron chi connectivity index (χ3n) is 1.80. The predicted molar refractivity (Wildman–Crippen MR) is 48.2 cm³/mol. The molecular formula is C9H14N2O. The summed E-state index contributed by atoms with van der Waals surface area (Å²) in [5.74, 6) is 0.649. The zero-order valence-electron chi connectivity index (χ0n) is 7.50. The topological polar surface area (TPSA) is 40.2 Å². The van der Waals surface area contributed by atoms with Crippen molar-refractivity contribution in [2.24, 2.45) is 0 Å². The summed E-state index contributed by atoms with van der Waals surface area (Å²) in [5, 5.41) is 7.54. The van der Waals surface area contributed by atoms with E-state index in [0.717, 1.165) is 18.5 Å². The van der Waals surface area contributed by atoms with Gasteiger partial charge in [0.25, 0.3) is 0 Å². The molecule has 1 heterocycles. The van der Waals surface area contributed by atoms with Gasteiger partial charge in [-0.25, -0.2) is 0 Å². The minimum absolute atomic E-state index is 0.649. The first kappa shape index (κ1) is 8.84. The minimum atomic E-state index is 0.649. The number of nitrogens with one attached hydrogen (secondary N) is 1. The van der Waals surface area contributed by atoms with E-state index in [1.54, 1.807) is 12.5 Å². The van der Waals surface area contributed by atoms with Gasteiger partial charge in [-0.3, -0.25) is 5.41 Å². The molecular weight excluding hydrogens is 152 g/mol. The maximum absolute atomic E-state index is 7.54. The second kappa shape index (κ2) is 3.95. The van der Waals surface area contributed by atoms with Crippen LogP contribution in [-0.4, -0.2) is 17.8 Å². The van der Waals surface area contributed by atoms with Crippen molar-refractivity contribution >= 4 is 5.84 Å². The SMILES string of the molecule is CCC(=N)N(C)Cc1ccoc1. The van der Waals surface area contributed by atoms with E-state index in [9.17, 15) is 0 Å². The van der Waals surface area contributed by atoms with Crippen LogP contribution in [0.25, 0.3) is 0 Å². The number of hydrogen-bond donors (Lipinski definition) is 1. The van der Waals surface area contributed by atoms with Gasteiger partial charge >= 0.3 is 0 Å². The van der Waals surface area contributed by atoms with Crippen LogP contribution in [0.15, 0.2) is 23.0 Å². The van der Waals surface area contributed by atoms with Gasteiger partial charge in [0.15, 0.2) is 0 Å². The molecule has 0 aliphatic heterocycles. The van der Waals surface area contributed by atoms with Crippen LogP contribution in [0.3, 0.4) is 0 Å². The van der Waals surface area contributed by atoms with Crippen molar-refractivity contribution in [3.8, 4) is 0 Å². The molecule has 0 unspecified atom stereocenters. The van der Waals surface area contributed by atoms with Crippen LogP contribution in [-0.2, 0) is 6.54 Å². The van der Waals surface area contributed by atoms with Gasteiger partial charge in [-0.2, -0.15) is 0 Å². The number of amidine groups is 1. The summed E-state index contributed by atoms with van der Waals surface area (Å²) in [4.78, 5) is 1.91. The maximum Gasteiger partial charge on any atom is 0.0955 e. The van der Waals surface area contributed by atoms with Gasteiger partial charge in [0.05, 0.1) is 18.4 Å². The van der Waals surface area contributed by atoms with Gasteiger partial charge in [-0.1, -0.05) is 6.92 Å². The van der Waals surface area contributed by atoms with E-state index in [-0.39, 0.29) is 0 Å². The van der Waals surface area contributed by atoms with Crippen molar-refractivity contribution in [1.82, 2.24) is 4.90 Å². The lowest BCUT2D eigenvalue weighted by Gasteiger charge is -2.17. The zero-order valence-corrected chi connectivity index (χ0v) is 7.50. The molecule has 66 valence electrons. The van der Waals surface area contributed by atoms with E-state index in [1.165, 1.54) is 0 Å². The Morgan fingerprint density at radius 1 is 1.67 bits per heavy atom. The average Bonchev–Trinajstić information content (AvgIpc) is 2.55. The summed E-state index contributed by atoms with van der Waals surface area (Å²) in [6, 6.07) is 1.92. The van der Waals surface area contributed by atoms with Gasteiger partial charge in [-0.15, -0.1) is 0 Å². The third kappa shape index (κ3) is 2.12. The fraction of sp³-hybridized carbons (Fsp3) is 0.444. The normalized spacial score (nSPS) is 9.83. The third-order valence-corrected chi connectivity index (χ3v) is 1.80. The Morgan fingerprint density at radius 3 is 2.92 bits per heavy atom. The fourth-order valence-electron chi connectivity index (χ4n) is 1.02. The highest BCUT2D eigenvalue weighted by atomic mass is 16.3. The highest BCUT2D eigenvalue weighted by Crippen LogP contribution is 2.04. The molecule has 1 rings (SSSR count). The fourth-order valence-corrected chi connectivity index (χ4v) is 1.02. The molecule has 0 saturated heterocycles. The Balaban J connectivity index is 2.47. The summed E-state index contributed by atoms with van der Waals surface area (Å²) in [6.45, 7) is 2.73. The lowest BCUT2D eigenvalue weighted by atomic mass is 10.3. The standard InChI is InChI=1S/C9H14N2O/c1-3-9(10)11(2)6-8-4-5-12-7-8/h4-5,7,10H,3,6H2,1-2H3. The summed E-state index contributed by atoms with van der Waals surface area (Å²) in [6.07, 6.45) is 4.13. The predicted octanol–water partition coefficient (Wildman–Crippen LogP) is 2.10. The molecule has 1 aromatic rings. The lowest BCUT2D eigenvalue weighted by Crippen LogP contribution is -2.24. The van der Waals surface area contributed by atoms with Gasteiger partial charge in [-0.05, 0) is 6.07 Å². The molecule has 0 fully saturated rings. The van der Waals surface area contributed by atoms with E-state index >= 15 is 0 Å². The van der Waals surface area contributed by atoms with Crippen LogP contribution in [0, 0.1) is 5.41 Å². The van der Waals surface area contributed by atoms with Gasteiger partial charge < -0.3 is 9.32 Å². The quantitative estimate of drug-likeness (QED) is 0.551. The monoisotopic (exact) mass is 166 g/mol. The lowest BCUT2D eigenvalue weighted by molar-refractivity contribution is 0.480. The van der Waals surface area contributed by atoms with Crippen LogP contribution in [0.1, 0.15) is 18.9 Å². The maximum atomic E-state index is 7.54. The number of hydrogen-bond acceptors (Lipinski definition) is 2. The van der Waals surface area contributed by atoms with Crippen molar-refractivity contribution in [1.29, 1.82) is 5.41 Å². The first-order valence-electron chi connectivity index (χ1n) is 4.03. The minimum Gasteiger partial charge on any atom is -0.472 e. The summed E-state index contributed by atoms with van der Waals surface area (Å²) in [5.41, 5.74) is 1.11. The van der Waals surface area contributed by atoms with Crippen molar-refractivity contribution in [3.05, 3.63) is 24.2 Å². The second-order valence-corrected chi connectivity index (χ2v) is 2.79. The van der Waals surface area contributed by atoms with Gasteiger partial charge in [0, 0.05) is 25.6 Å². The van der Waals surface area contributed by atoms with Crippen LogP contribution < -0.4 is 0 Å². The number of furan rings is 1. The Kier molecular flexibility index (Phi) is 2.91. The molecule has 12 heavy (non-hydrogen) atoms. The Bertz CT molecular complexity index is 241. The Labute approximate surface area is 72.5 Å². The zero-order chi connectivity index (χ0) is 8.97. The highest BCUT2D eigenvalue weighted by molar-refractivity contribution is 5.78. The van der Waals surface area contributed by atoms with Crippen molar-refractivity contribution < 1.29 is 4.42 Å². The molecule has 3 nitrogen and oxygen atoms in total. The largest absolute Gasteiger partial charge is 0.472 e. The molecule has 1 N–H and O–H groups in total. The van der Waals surface area contributed by atoms with E-state index < -0.39 is 0 Å². The van der Waals surface area contributed by atoms with E-state index in [0.29, 0.717) is 5.84 Å². The van der Waals surface area contributed by atoms with Crippen molar-refractivity contribution in [2.75, 3.05) is 7.05 Å². The summed E-state index contributed by atoms with van der Waals surface area (Å²) < 4.78 is 4.93. The molecule has 0 aliphatic rings. The van der Waals surface area contributed by atoms with Crippen LogP contribution >= 0.6 is 0 Å². The molecule has 0 bridgehead atoms. The molecule has 0 aliphatic carbocycles. The number of rotatable bonds is 3. The molecule has 0 spiro atoms. The van der Waals surface area contributed by atoms with Gasteiger partial charge in [0.2, 0.25) is 0 Å². The van der Waals surface area contributed by atoms with E-state index in [2.05, 4.69) is 0 Å². The van der Waals surface area contributed by atoms with Gasteiger partial charge in [0.1, 0.15) is 0 Å². The molecule has 0 radical (unpaired) electrons. The molecule has 0 saturated carbocycles. The molecule has 0 aromatic carbocycles. The first-order valence-corrected chi connectivity index (χ1v) is 4.03. The molecule has 1 aromatic heterocycles. The van der Waals surface area contributed by atoms with E-state index in [1.807, 2.05) is 24.9 Å². The van der Waals surface area contributed by atoms with E-state index in [4.69, 9.17) is 9.83 Å². The first-order chi connectivity index (χ1) is 5.74. The Morgan fingerprint density at radius 2 is 2.42 bits per heavy atom. The van der Waals surface area contributed by atoms with Crippen LogP contribution in [0.5, 0.6) is 0 Å².